The lowest BCUT2D eigenvalue weighted by atomic mass is 10.1. The van der Waals surface area contributed by atoms with E-state index in [1.54, 1.807) is 7.11 Å². The Labute approximate surface area is 93.7 Å². The van der Waals surface area contributed by atoms with E-state index in [-0.39, 0.29) is 17.9 Å². The minimum atomic E-state index is 0.105. The third-order valence-electron chi connectivity index (χ3n) is 2.63. The minimum absolute atomic E-state index is 0.105. The molecule has 1 fully saturated rings. The quantitative estimate of drug-likeness (QED) is 0.767. The number of alkyl halides is 1. The molecule has 1 saturated carbocycles. The van der Waals surface area contributed by atoms with Gasteiger partial charge in [0.25, 0.3) is 0 Å². The maximum Gasteiger partial charge on any atom is 0.223 e. The molecule has 0 aromatic heterocycles. The van der Waals surface area contributed by atoms with E-state index < -0.39 is 0 Å². The van der Waals surface area contributed by atoms with Gasteiger partial charge in [-0.15, -0.1) is 0 Å². The fraction of sp³-hybridized carbons (Fsp3) is 0.900. The summed E-state index contributed by atoms with van der Waals surface area (Å²) in [6.07, 6.45) is 4.49. The van der Waals surface area contributed by atoms with Gasteiger partial charge in [0, 0.05) is 18.4 Å². The first-order chi connectivity index (χ1) is 6.77. The monoisotopic (exact) mass is 263 g/mol. The molecular formula is C10H18BrNO2. The van der Waals surface area contributed by atoms with Crippen molar-refractivity contribution in [3.63, 3.8) is 0 Å². The summed E-state index contributed by atoms with van der Waals surface area (Å²) in [6, 6.07) is 0.105. The lowest BCUT2D eigenvalue weighted by Gasteiger charge is -2.17. The van der Waals surface area contributed by atoms with Gasteiger partial charge in [-0.05, 0) is 12.8 Å². The summed E-state index contributed by atoms with van der Waals surface area (Å²) in [7, 11) is 1.65. The number of hydrogen-bond acceptors (Lipinski definition) is 2. The maximum absolute atomic E-state index is 11.7. The molecule has 14 heavy (non-hydrogen) atoms. The van der Waals surface area contributed by atoms with Gasteiger partial charge in [-0.3, -0.25) is 4.79 Å². The highest BCUT2D eigenvalue weighted by molar-refractivity contribution is 9.09. The van der Waals surface area contributed by atoms with Crippen molar-refractivity contribution >= 4 is 21.8 Å². The van der Waals surface area contributed by atoms with Crippen LogP contribution >= 0.6 is 15.9 Å². The molecule has 0 radical (unpaired) electrons. The summed E-state index contributed by atoms with van der Waals surface area (Å²) in [5.74, 6) is 0.442. The van der Waals surface area contributed by atoms with Crippen molar-refractivity contribution in [3.05, 3.63) is 0 Å². The molecule has 1 rings (SSSR count). The van der Waals surface area contributed by atoms with Gasteiger partial charge in [0.1, 0.15) is 0 Å². The van der Waals surface area contributed by atoms with Gasteiger partial charge in [0.15, 0.2) is 0 Å². The van der Waals surface area contributed by atoms with E-state index in [1.807, 2.05) is 0 Å². The van der Waals surface area contributed by atoms with Crippen LogP contribution in [0.1, 0.15) is 25.7 Å². The summed E-state index contributed by atoms with van der Waals surface area (Å²) < 4.78 is 5.01. The van der Waals surface area contributed by atoms with E-state index in [0.29, 0.717) is 6.61 Å². The number of nitrogens with one attached hydrogen (secondary N) is 1. The van der Waals surface area contributed by atoms with Crippen LogP contribution in [0.5, 0.6) is 0 Å². The van der Waals surface area contributed by atoms with E-state index in [9.17, 15) is 4.79 Å². The fourth-order valence-electron chi connectivity index (χ4n) is 1.83. The second-order valence-corrected chi connectivity index (χ2v) is 4.44. The van der Waals surface area contributed by atoms with Gasteiger partial charge < -0.3 is 10.1 Å². The highest BCUT2D eigenvalue weighted by Crippen LogP contribution is 2.24. The zero-order chi connectivity index (χ0) is 10.4. The highest BCUT2D eigenvalue weighted by atomic mass is 79.9. The summed E-state index contributed by atoms with van der Waals surface area (Å²) in [6.45, 7) is 0.573. The maximum atomic E-state index is 11.7. The molecule has 0 aromatic carbocycles. The topological polar surface area (TPSA) is 38.3 Å². The third-order valence-corrected chi connectivity index (χ3v) is 3.41. The predicted octanol–water partition coefficient (Wildman–Crippen LogP) is 1.70. The van der Waals surface area contributed by atoms with Crippen LogP contribution in [0.15, 0.2) is 0 Å². The van der Waals surface area contributed by atoms with Crippen LogP contribution in [-0.4, -0.2) is 31.0 Å². The molecular weight excluding hydrogens is 246 g/mol. The van der Waals surface area contributed by atoms with Crippen LogP contribution in [-0.2, 0) is 9.53 Å². The van der Waals surface area contributed by atoms with Crippen molar-refractivity contribution in [1.29, 1.82) is 0 Å². The Morgan fingerprint density at radius 1 is 1.57 bits per heavy atom. The first-order valence-corrected chi connectivity index (χ1v) is 6.25. The molecule has 1 unspecified atom stereocenters. The van der Waals surface area contributed by atoms with Crippen molar-refractivity contribution in [3.8, 4) is 0 Å². The Kier molecular flexibility index (Phi) is 5.48. The first kappa shape index (κ1) is 12.0. The summed E-state index contributed by atoms with van der Waals surface area (Å²) in [4.78, 5) is 11.7. The minimum Gasteiger partial charge on any atom is -0.383 e. The van der Waals surface area contributed by atoms with E-state index in [4.69, 9.17) is 4.74 Å². The van der Waals surface area contributed by atoms with Gasteiger partial charge in [-0.1, -0.05) is 28.8 Å². The fourth-order valence-corrected chi connectivity index (χ4v) is 2.18. The molecule has 0 aliphatic heterocycles. The SMILES string of the molecule is COCC(CBr)NC(=O)C1CCCC1. The number of amides is 1. The number of halogens is 1. The Balaban J connectivity index is 2.29. The zero-order valence-corrected chi connectivity index (χ0v) is 10.2. The molecule has 1 aliphatic carbocycles. The van der Waals surface area contributed by atoms with Gasteiger partial charge in [-0.2, -0.15) is 0 Å². The molecule has 0 aromatic rings. The lowest BCUT2D eigenvalue weighted by Crippen LogP contribution is -2.41. The van der Waals surface area contributed by atoms with Crippen molar-refractivity contribution in [1.82, 2.24) is 5.32 Å². The van der Waals surface area contributed by atoms with Gasteiger partial charge >= 0.3 is 0 Å². The van der Waals surface area contributed by atoms with E-state index in [0.717, 1.165) is 18.2 Å². The van der Waals surface area contributed by atoms with Crippen LogP contribution in [0, 0.1) is 5.92 Å². The smallest absolute Gasteiger partial charge is 0.223 e. The third kappa shape index (κ3) is 3.58. The standard InChI is InChI=1S/C10H18BrNO2/c1-14-7-9(6-11)12-10(13)8-4-2-3-5-8/h8-9H,2-7H2,1H3,(H,12,13). The van der Waals surface area contributed by atoms with E-state index in [1.165, 1.54) is 12.8 Å². The average molecular weight is 264 g/mol. The molecule has 3 nitrogen and oxygen atoms in total. The number of ether oxygens (including phenoxy) is 1. The van der Waals surface area contributed by atoms with Crippen LogP contribution < -0.4 is 5.32 Å². The Bertz CT molecular complexity index is 181. The molecule has 82 valence electrons. The molecule has 1 atom stereocenters. The van der Waals surface area contributed by atoms with Crippen molar-refractivity contribution in [2.75, 3.05) is 19.0 Å². The second kappa shape index (κ2) is 6.40. The normalized spacial score (nSPS) is 19.6. The highest BCUT2D eigenvalue weighted by Gasteiger charge is 2.24. The second-order valence-electron chi connectivity index (χ2n) is 3.80. The van der Waals surface area contributed by atoms with Gasteiger partial charge in [0.05, 0.1) is 12.6 Å². The molecule has 0 bridgehead atoms. The van der Waals surface area contributed by atoms with Crippen molar-refractivity contribution in [2.24, 2.45) is 5.92 Å². The van der Waals surface area contributed by atoms with E-state index in [2.05, 4.69) is 21.2 Å². The largest absolute Gasteiger partial charge is 0.383 e. The Hall–Kier alpha value is -0.0900. The van der Waals surface area contributed by atoms with Crippen molar-refractivity contribution < 1.29 is 9.53 Å². The lowest BCUT2D eigenvalue weighted by molar-refractivity contribution is -0.125. The average Bonchev–Trinajstić information content (AvgIpc) is 2.69. The van der Waals surface area contributed by atoms with Crippen LogP contribution in [0.25, 0.3) is 0 Å². The van der Waals surface area contributed by atoms with Crippen LogP contribution in [0.4, 0.5) is 0 Å². The first-order valence-electron chi connectivity index (χ1n) is 5.13. The van der Waals surface area contributed by atoms with Gasteiger partial charge in [0.2, 0.25) is 5.91 Å². The van der Waals surface area contributed by atoms with Crippen LogP contribution in [0.3, 0.4) is 0 Å². The molecule has 1 aliphatic rings. The summed E-state index contributed by atoms with van der Waals surface area (Å²) in [5.41, 5.74) is 0. The van der Waals surface area contributed by atoms with Crippen LogP contribution in [0.2, 0.25) is 0 Å². The molecule has 1 N–H and O–H groups in total. The Morgan fingerprint density at radius 3 is 2.71 bits per heavy atom. The number of carbonyl (C=O) groups excluding carboxylic acids is 1. The molecule has 0 saturated heterocycles. The molecule has 1 amide bonds. The summed E-state index contributed by atoms with van der Waals surface area (Å²) >= 11 is 3.36. The Morgan fingerprint density at radius 2 is 2.21 bits per heavy atom. The number of rotatable bonds is 5. The number of carbonyl (C=O) groups is 1. The molecule has 4 heteroatoms. The van der Waals surface area contributed by atoms with Gasteiger partial charge in [-0.25, -0.2) is 0 Å². The number of methoxy groups -OCH3 is 1. The molecule has 0 spiro atoms. The van der Waals surface area contributed by atoms with E-state index >= 15 is 0 Å². The van der Waals surface area contributed by atoms with Crippen molar-refractivity contribution in [2.45, 2.75) is 31.7 Å². The summed E-state index contributed by atoms with van der Waals surface area (Å²) in [5, 5.41) is 3.75. The molecule has 0 heterocycles. The number of hydrogen-bond donors (Lipinski definition) is 1. The predicted molar refractivity (Wildman–Crippen MR) is 59.6 cm³/mol. The zero-order valence-electron chi connectivity index (χ0n) is 8.59.